The molecule has 2 heterocycles. The van der Waals surface area contributed by atoms with Crippen molar-refractivity contribution in [2.45, 2.75) is 0 Å². The second-order valence-corrected chi connectivity index (χ2v) is 3.10. The van der Waals surface area contributed by atoms with Crippen LogP contribution in [0.2, 0.25) is 0 Å². The Kier molecular flexibility index (Phi) is 2.03. The number of pyridine rings is 1. The van der Waals surface area contributed by atoms with Crippen LogP contribution >= 0.6 is 0 Å². The Morgan fingerprint density at radius 1 is 1.60 bits per heavy atom. The smallest absolute Gasteiger partial charge is 0.329 e. The fourth-order valence-electron chi connectivity index (χ4n) is 1.52. The van der Waals surface area contributed by atoms with E-state index in [1.54, 1.807) is 16.8 Å². The third-order valence-corrected chi connectivity index (χ3v) is 2.23. The van der Waals surface area contributed by atoms with Gasteiger partial charge >= 0.3 is 5.69 Å². The van der Waals surface area contributed by atoms with Gasteiger partial charge in [-0.25, -0.2) is 4.98 Å². The maximum atomic E-state index is 10.7. The molecule has 2 aromatic heterocycles. The molecule has 78 valence electrons. The minimum Gasteiger partial charge on any atom is -0.490 e. The summed E-state index contributed by atoms with van der Waals surface area (Å²) in [5, 5.41) is 11.4. The molecule has 6 nitrogen and oxygen atoms in total. The van der Waals surface area contributed by atoms with Gasteiger partial charge in [-0.2, -0.15) is 0 Å². The van der Waals surface area contributed by atoms with Crippen LogP contribution in [0.5, 0.6) is 5.75 Å². The van der Waals surface area contributed by atoms with Crippen LogP contribution < -0.4 is 4.74 Å². The van der Waals surface area contributed by atoms with Gasteiger partial charge in [-0.15, -0.1) is 0 Å². The molecule has 0 amide bonds. The van der Waals surface area contributed by atoms with Crippen molar-refractivity contribution in [3.63, 3.8) is 0 Å². The molecule has 0 radical (unpaired) electrons. The van der Waals surface area contributed by atoms with Gasteiger partial charge in [0, 0.05) is 13.2 Å². The van der Waals surface area contributed by atoms with E-state index < -0.39 is 4.92 Å². The molecular weight excluding hydrogens is 198 g/mol. The summed E-state index contributed by atoms with van der Waals surface area (Å²) in [6.45, 7) is 0. The highest BCUT2D eigenvalue weighted by Crippen LogP contribution is 2.33. The average Bonchev–Trinajstić information content (AvgIpc) is 2.59. The normalized spacial score (nSPS) is 10.5. The molecule has 0 fully saturated rings. The topological polar surface area (TPSA) is 70.2 Å². The van der Waals surface area contributed by atoms with Crippen molar-refractivity contribution in [1.82, 2.24) is 9.55 Å². The van der Waals surface area contributed by atoms with Crippen molar-refractivity contribution in [3.8, 4) is 5.75 Å². The fraction of sp³-hybridized carbons (Fsp3) is 0.222. The Bertz CT molecular complexity index is 533. The summed E-state index contributed by atoms with van der Waals surface area (Å²) in [6.07, 6.45) is 2.99. The molecule has 0 aliphatic carbocycles. The van der Waals surface area contributed by atoms with E-state index in [-0.39, 0.29) is 11.4 Å². The molecule has 0 aliphatic heterocycles. The van der Waals surface area contributed by atoms with E-state index in [0.29, 0.717) is 11.0 Å². The monoisotopic (exact) mass is 207 g/mol. The number of aryl methyl sites for hydroxylation is 1. The van der Waals surface area contributed by atoms with Crippen molar-refractivity contribution in [3.05, 3.63) is 28.6 Å². The first-order valence-electron chi connectivity index (χ1n) is 4.27. The summed E-state index contributed by atoms with van der Waals surface area (Å²) in [4.78, 5) is 14.2. The first-order chi connectivity index (χ1) is 7.15. The van der Waals surface area contributed by atoms with Gasteiger partial charge in [-0.3, -0.25) is 10.1 Å². The van der Waals surface area contributed by atoms with Gasteiger partial charge in [0.1, 0.15) is 11.8 Å². The van der Waals surface area contributed by atoms with Gasteiger partial charge in [0.25, 0.3) is 0 Å². The number of aromatic nitrogens is 2. The van der Waals surface area contributed by atoms with Crippen molar-refractivity contribution in [2.24, 2.45) is 7.05 Å². The lowest BCUT2D eigenvalue weighted by atomic mass is 10.3. The standard InChI is InChI=1S/C9H9N3O3/c1-11-4-3-6-8(15-2)7(12(13)14)5-10-9(6)11/h3-5H,1-2H3. The van der Waals surface area contributed by atoms with Crippen LogP contribution in [0.4, 0.5) is 5.69 Å². The fourth-order valence-corrected chi connectivity index (χ4v) is 1.52. The quantitative estimate of drug-likeness (QED) is 0.552. The highest BCUT2D eigenvalue weighted by molar-refractivity contribution is 5.86. The summed E-state index contributed by atoms with van der Waals surface area (Å²) < 4.78 is 6.82. The molecule has 15 heavy (non-hydrogen) atoms. The second-order valence-electron chi connectivity index (χ2n) is 3.10. The van der Waals surface area contributed by atoms with Gasteiger partial charge in [0.05, 0.1) is 17.4 Å². The van der Waals surface area contributed by atoms with Crippen LogP contribution in [-0.4, -0.2) is 21.6 Å². The van der Waals surface area contributed by atoms with Gasteiger partial charge < -0.3 is 9.30 Å². The third kappa shape index (κ3) is 1.30. The number of hydrogen-bond donors (Lipinski definition) is 0. The van der Waals surface area contributed by atoms with Crippen LogP contribution in [0, 0.1) is 10.1 Å². The Balaban J connectivity index is 2.82. The zero-order valence-corrected chi connectivity index (χ0v) is 8.30. The number of rotatable bonds is 2. The summed E-state index contributed by atoms with van der Waals surface area (Å²) >= 11 is 0. The van der Waals surface area contributed by atoms with Crippen molar-refractivity contribution in [2.75, 3.05) is 7.11 Å². The van der Waals surface area contributed by atoms with E-state index in [9.17, 15) is 10.1 Å². The Morgan fingerprint density at radius 2 is 2.33 bits per heavy atom. The zero-order valence-electron chi connectivity index (χ0n) is 8.30. The average molecular weight is 207 g/mol. The molecule has 0 saturated carbocycles. The zero-order chi connectivity index (χ0) is 11.0. The Labute approximate surface area is 85.2 Å². The highest BCUT2D eigenvalue weighted by Gasteiger charge is 2.19. The molecule has 0 atom stereocenters. The number of nitro groups is 1. The lowest BCUT2D eigenvalue weighted by Gasteiger charge is -2.02. The lowest BCUT2D eigenvalue weighted by molar-refractivity contribution is -0.385. The Hall–Kier alpha value is -2.11. The van der Waals surface area contributed by atoms with E-state index in [1.165, 1.54) is 13.3 Å². The molecule has 0 aromatic carbocycles. The molecule has 0 bridgehead atoms. The molecule has 0 unspecified atom stereocenters. The number of methoxy groups -OCH3 is 1. The summed E-state index contributed by atoms with van der Waals surface area (Å²) in [5.74, 6) is 0.255. The number of hydrogen-bond acceptors (Lipinski definition) is 4. The van der Waals surface area contributed by atoms with Gasteiger partial charge in [0.2, 0.25) is 5.75 Å². The predicted octanol–water partition coefficient (Wildman–Crippen LogP) is 1.49. The Morgan fingerprint density at radius 3 is 2.93 bits per heavy atom. The SMILES string of the molecule is COc1c([N+](=O)[O-])cnc2c1ccn2C. The van der Waals surface area contributed by atoms with Crippen LogP contribution in [0.1, 0.15) is 0 Å². The summed E-state index contributed by atoms with van der Waals surface area (Å²) in [5.41, 5.74) is 0.550. The van der Waals surface area contributed by atoms with Crippen molar-refractivity contribution < 1.29 is 9.66 Å². The van der Waals surface area contributed by atoms with E-state index in [1.807, 2.05) is 7.05 Å². The van der Waals surface area contributed by atoms with Crippen LogP contribution in [0.15, 0.2) is 18.5 Å². The minimum absolute atomic E-state index is 0.115. The molecule has 0 N–H and O–H groups in total. The lowest BCUT2D eigenvalue weighted by Crippen LogP contribution is -1.96. The maximum Gasteiger partial charge on any atom is 0.329 e. The van der Waals surface area contributed by atoms with E-state index in [2.05, 4.69) is 4.98 Å². The van der Waals surface area contributed by atoms with Crippen LogP contribution in [0.25, 0.3) is 11.0 Å². The highest BCUT2D eigenvalue weighted by atomic mass is 16.6. The predicted molar refractivity (Wildman–Crippen MR) is 53.9 cm³/mol. The molecular formula is C9H9N3O3. The minimum atomic E-state index is -0.502. The van der Waals surface area contributed by atoms with Crippen LogP contribution in [-0.2, 0) is 7.05 Å². The first kappa shape index (κ1) is 9.45. The maximum absolute atomic E-state index is 10.7. The van der Waals surface area contributed by atoms with E-state index in [4.69, 9.17) is 4.74 Å². The van der Waals surface area contributed by atoms with Crippen LogP contribution in [0.3, 0.4) is 0 Å². The number of fused-ring (bicyclic) bond motifs is 1. The number of ether oxygens (including phenoxy) is 1. The molecule has 0 saturated heterocycles. The number of nitrogens with zero attached hydrogens (tertiary/aromatic N) is 3. The first-order valence-corrected chi connectivity index (χ1v) is 4.27. The van der Waals surface area contributed by atoms with Gasteiger partial charge in [-0.1, -0.05) is 0 Å². The second kappa shape index (κ2) is 3.23. The molecule has 0 spiro atoms. The molecule has 2 aromatic rings. The third-order valence-electron chi connectivity index (χ3n) is 2.23. The largest absolute Gasteiger partial charge is 0.490 e. The van der Waals surface area contributed by atoms with Gasteiger partial charge in [-0.05, 0) is 6.07 Å². The summed E-state index contributed by atoms with van der Waals surface area (Å²) in [6, 6.07) is 1.74. The molecule has 0 aliphatic rings. The summed E-state index contributed by atoms with van der Waals surface area (Å²) in [7, 11) is 3.23. The molecule has 6 heteroatoms. The molecule has 2 rings (SSSR count). The van der Waals surface area contributed by atoms with E-state index in [0.717, 1.165) is 0 Å². The van der Waals surface area contributed by atoms with Gasteiger partial charge in [0.15, 0.2) is 0 Å². The van der Waals surface area contributed by atoms with Crippen molar-refractivity contribution >= 4 is 16.7 Å². The van der Waals surface area contributed by atoms with Crippen molar-refractivity contribution in [1.29, 1.82) is 0 Å². The van der Waals surface area contributed by atoms with E-state index >= 15 is 0 Å².